The fourth-order valence-corrected chi connectivity index (χ4v) is 1.56. The highest BCUT2D eigenvalue weighted by atomic mass is 16.5. The van der Waals surface area contributed by atoms with Gasteiger partial charge in [-0.1, -0.05) is 0 Å². The molecule has 0 radical (unpaired) electrons. The summed E-state index contributed by atoms with van der Waals surface area (Å²) in [5.74, 6) is -1.04. The van der Waals surface area contributed by atoms with Crippen molar-refractivity contribution in [2.75, 3.05) is 26.9 Å². The predicted octanol–water partition coefficient (Wildman–Crippen LogP) is -0.486. The van der Waals surface area contributed by atoms with E-state index in [1.807, 2.05) is 0 Å². The summed E-state index contributed by atoms with van der Waals surface area (Å²) in [5, 5.41) is 0. The third-order valence-electron chi connectivity index (χ3n) is 2.61. The average molecular weight is 244 g/mol. The number of amides is 1. The average Bonchev–Trinajstić information content (AvgIpc) is 3.13. The molecule has 2 N–H and O–H groups in total. The van der Waals surface area contributed by atoms with Gasteiger partial charge in [0, 0.05) is 19.7 Å². The van der Waals surface area contributed by atoms with E-state index in [-0.39, 0.29) is 18.6 Å². The fraction of sp³-hybridized carbons (Fsp3) is 0.818. The van der Waals surface area contributed by atoms with Crippen LogP contribution in [-0.4, -0.2) is 55.7 Å². The molecular weight excluding hydrogens is 224 g/mol. The van der Waals surface area contributed by atoms with Crippen LogP contribution < -0.4 is 5.73 Å². The molecule has 0 aromatic carbocycles. The van der Waals surface area contributed by atoms with E-state index in [4.69, 9.17) is 15.2 Å². The summed E-state index contributed by atoms with van der Waals surface area (Å²) >= 11 is 0. The van der Waals surface area contributed by atoms with Crippen molar-refractivity contribution in [3.63, 3.8) is 0 Å². The third-order valence-corrected chi connectivity index (χ3v) is 2.61. The summed E-state index contributed by atoms with van der Waals surface area (Å²) in [6.45, 7) is 2.81. The molecule has 1 unspecified atom stereocenters. The maximum Gasteiger partial charge on any atom is 0.332 e. The van der Waals surface area contributed by atoms with Crippen LogP contribution >= 0.6 is 0 Å². The van der Waals surface area contributed by atoms with Crippen molar-refractivity contribution >= 4 is 11.9 Å². The maximum absolute atomic E-state index is 12.0. The van der Waals surface area contributed by atoms with Crippen molar-refractivity contribution in [3.8, 4) is 0 Å². The van der Waals surface area contributed by atoms with Crippen molar-refractivity contribution in [3.05, 3.63) is 0 Å². The van der Waals surface area contributed by atoms with Gasteiger partial charge in [-0.05, 0) is 19.8 Å². The molecule has 1 aliphatic carbocycles. The van der Waals surface area contributed by atoms with Crippen LogP contribution in [-0.2, 0) is 19.1 Å². The minimum Gasteiger partial charge on any atom is -0.464 e. The Hall–Kier alpha value is -1.14. The highest BCUT2D eigenvalue weighted by Gasteiger charge is 2.37. The highest BCUT2D eigenvalue weighted by molar-refractivity contribution is 6.01. The van der Waals surface area contributed by atoms with Crippen molar-refractivity contribution in [1.29, 1.82) is 0 Å². The van der Waals surface area contributed by atoms with E-state index in [0.29, 0.717) is 13.2 Å². The molecule has 1 saturated carbocycles. The fourth-order valence-electron chi connectivity index (χ4n) is 1.56. The van der Waals surface area contributed by atoms with Crippen molar-refractivity contribution in [1.82, 2.24) is 4.90 Å². The van der Waals surface area contributed by atoms with Crippen molar-refractivity contribution < 1.29 is 19.1 Å². The van der Waals surface area contributed by atoms with Gasteiger partial charge in [0.25, 0.3) is 5.91 Å². The van der Waals surface area contributed by atoms with E-state index in [2.05, 4.69) is 0 Å². The van der Waals surface area contributed by atoms with Gasteiger partial charge in [0.2, 0.25) is 0 Å². The molecule has 0 aromatic heterocycles. The molecule has 98 valence electrons. The summed E-state index contributed by atoms with van der Waals surface area (Å²) in [4.78, 5) is 25.0. The summed E-state index contributed by atoms with van der Waals surface area (Å²) in [5.41, 5.74) is 5.58. The molecule has 0 heterocycles. The van der Waals surface area contributed by atoms with E-state index >= 15 is 0 Å². The van der Waals surface area contributed by atoms with Crippen LogP contribution in [0.4, 0.5) is 0 Å². The van der Waals surface area contributed by atoms with Gasteiger partial charge in [0.15, 0.2) is 6.04 Å². The number of rotatable bonds is 7. The van der Waals surface area contributed by atoms with Crippen LogP contribution in [0.3, 0.4) is 0 Å². The van der Waals surface area contributed by atoms with Gasteiger partial charge in [-0.2, -0.15) is 0 Å². The lowest BCUT2D eigenvalue weighted by atomic mass is 10.2. The monoisotopic (exact) mass is 244 g/mol. The zero-order valence-corrected chi connectivity index (χ0v) is 10.3. The van der Waals surface area contributed by atoms with Gasteiger partial charge < -0.3 is 20.1 Å². The number of nitrogens with zero attached hydrogens (tertiary/aromatic N) is 1. The minimum absolute atomic E-state index is 0.207. The van der Waals surface area contributed by atoms with Crippen molar-refractivity contribution in [2.45, 2.75) is 31.8 Å². The first kappa shape index (κ1) is 13.9. The van der Waals surface area contributed by atoms with E-state index in [1.54, 1.807) is 18.9 Å². The Balaban J connectivity index is 2.54. The summed E-state index contributed by atoms with van der Waals surface area (Å²) in [6.07, 6.45) is 1.93. The van der Waals surface area contributed by atoms with Crippen LogP contribution in [0.2, 0.25) is 0 Å². The van der Waals surface area contributed by atoms with Gasteiger partial charge >= 0.3 is 5.97 Å². The molecule has 17 heavy (non-hydrogen) atoms. The molecule has 0 saturated heterocycles. The number of hydrogen-bond donors (Lipinski definition) is 1. The van der Waals surface area contributed by atoms with Crippen LogP contribution in [0.25, 0.3) is 0 Å². The lowest BCUT2D eigenvalue weighted by Crippen LogP contribution is -2.50. The molecule has 6 heteroatoms. The first-order chi connectivity index (χ1) is 8.11. The molecule has 6 nitrogen and oxygen atoms in total. The summed E-state index contributed by atoms with van der Waals surface area (Å²) < 4.78 is 9.67. The second kappa shape index (κ2) is 6.56. The predicted molar refractivity (Wildman–Crippen MR) is 61.2 cm³/mol. The molecule has 0 bridgehead atoms. The lowest BCUT2D eigenvalue weighted by Gasteiger charge is -2.24. The van der Waals surface area contributed by atoms with Gasteiger partial charge in [-0.3, -0.25) is 4.79 Å². The summed E-state index contributed by atoms with van der Waals surface area (Å²) in [6, 6.07) is -1.01. The topological polar surface area (TPSA) is 81.9 Å². The van der Waals surface area contributed by atoms with Crippen LogP contribution in [0, 0.1) is 0 Å². The number of nitrogens with two attached hydrogens (primary N) is 1. The molecule has 0 aliphatic heterocycles. The van der Waals surface area contributed by atoms with Crippen LogP contribution in [0.1, 0.15) is 19.8 Å². The number of carbonyl (C=O) groups excluding carboxylic acids is 2. The normalized spacial score (nSPS) is 16.4. The van der Waals surface area contributed by atoms with E-state index in [0.717, 1.165) is 12.8 Å². The van der Waals surface area contributed by atoms with Gasteiger partial charge in [0.1, 0.15) is 0 Å². The maximum atomic E-state index is 12.0. The zero-order chi connectivity index (χ0) is 12.8. The molecular formula is C11H20N2O4. The number of methoxy groups -OCH3 is 1. The Morgan fingerprint density at radius 1 is 1.47 bits per heavy atom. The second-order valence-electron chi connectivity index (χ2n) is 3.99. The molecule has 0 spiro atoms. The van der Waals surface area contributed by atoms with Crippen molar-refractivity contribution in [2.24, 2.45) is 5.73 Å². The number of esters is 1. The van der Waals surface area contributed by atoms with E-state index in [9.17, 15) is 9.59 Å². The van der Waals surface area contributed by atoms with E-state index in [1.165, 1.54) is 0 Å². The smallest absolute Gasteiger partial charge is 0.332 e. The molecule has 0 aromatic rings. The SMILES string of the molecule is CCOC(=O)C(N)C(=O)N(CCOC)C1CC1. The quantitative estimate of drug-likeness (QED) is 0.483. The van der Waals surface area contributed by atoms with Gasteiger partial charge in [-0.25, -0.2) is 4.79 Å². The Morgan fingerprint density at radius 3 is 2.59 bits per heavy atom. The molecule has 1 amide bonds. The standard InChI is InChI=1S/C11H20N2O4/c1-3-17-11(15)9(12)10(14)13(6-7-16-2)8-4-5-8/h8-9H,3-7,12H2,1-2H3. The minimum atomic E-state index is -1.22. The lowest BCUT2D eigenvalue weighted by molar-refractivity contribution is -0.151. The first-order valence-corrected chi connectivity index (χ1v) is 5.83. The number of carbonyl (C=O) groups is 2. The first-order valence-electron chi connectivity index (χ1n) is 5.83. The van der Waals surface area contributed by atoms with Gasteiger partial charge in [-0.15, -0.1) is 0 Å². The van der Waals surface area contributed by atoms with Gasteiger partial charge in [0.05, 0.1) is 13.2 Å². The molecule has 1 atom stereocenters. The Labute approximate surface area is 101 Å². The third kappa shape index (κ3) is 3.98. The Morgan fingerprint density at radius 2 is 2.12 bits per heavy atom. The van der Waals surface area contributed by atoms with E-state index < -0.39 is 12.0 Å². The Bertz CT molecular complexity index is 279. The van der Waals surface area contributed by atoms with Crippen LogP contribution in [0.5, 0.6) is 0 Å². The number of hydrogen-bond acceptors (Lipinski definition) is 5. The summed E-state index contributed by atoms with van der Waals surface area (Å²) in [7, 11) is 1.57. The molecule has 1 rings (SSSR count). The number of ether oxygens (including phenoxy) is 2. The highest BCUT2D eigenvalue weighted by Crippen LogP contribution is 2.27. The second-order valence-corrected chi connectivity index (χ2v) is 3.99. The largest absolute Gasteiger partial charge is 0.464 e. The molecule has 1 fully saturated rings. The Kier molecular flexibility index (Phi) is 5.37. The van der Waals surface area contributed by atoms with Crippen LogP contribution in [0.15, 0.2) is 0 Å². The molecule has 1 aliphatic rings. The zero-order valence-electron chi connectivity index (χ0n) is 10.3.